The van der Waals surface area contributed by atoms with Gasteiger partial charge in [-0.25, -0.2) is 4.98 Å². The third kappa shape index (κ3) is 3.78. The van der Waals surface area contributed by atoms with E-state index in [9.17, 15) is 0 Å². The highest BCUT2D eigenvalue weighted by Gasteiger charge is 2.12. The lowest BCUT2D eigenvalue weighted by atomic mass is 10.1. The Morgan fingerprint density at radius 3 is 2.47 bits per heavy atom. The molecule has 0 aromatic carbocycles. The van der Waals surface area contributed by atoms with E-state index in [2.05, 4.69) is 45.5 Å². The molecule has 0 amide bonds. The highest BCUT2D eigenvalue weighted by molar-refractivity contribution is 7.79. The molecule has 0 unspecified atom stereocenters. The lowest BCUT2D eigenvalue weighted by Crippen LogP contribution is -2.14. The van der Waals surface area contributed by atoms with E-state index in [0.29, 0.717) is 5.92 Å². The van der Waals surface area contributed by atoms with Crippen molar-refractivity contribution in [1.29, 1.82) is 0 Å². The zero-order valence-electron chi connectivity index (χ0n) is 9.95. The fraction of sp³-hybridized carbons (Fsp3) is 0.727. The van der Waals surface area contributed by atoms with Crippen LogP contribution in [-0.4, -0.2) is 30.5 Å². The van der Waals surface area contributed by atoms with Crippen molar-refractivity contribution in [2.75, 3.05) is 20.6 Å². The molecule has 0 fully saturated rings. The summed E-state index contributed by atoms with van der Waals surface area (Å²) in [6.07, 6.45) is 1.05. The van der Waals surface area contributed by atoms with Gasteiger partial charge in [0, 0.05) is 23.6 Å². The molecule has 2 nitrogen and oxygen atoms in total. The normalized spacial score (nSPS) is 11.7. The van der Waals surface area contributed by atoms with Crippen molar-refractivity contribution < 1.29 is 0 Å². The molecule has 1 rings (SSSR count). The van der Waals surface area contributed by atoms with E-state index in [0.717, 1.165) is 18.7 Å². The van der Waals surface area contributed by atoms with Crippen molar-refractivity contribution in [3.8, 4) is 0 Å². The minimum absolute atomic E-state index is 0.511. The van der Waals surface area contributed by atoms with Crippen molar-refractivity contribution in [3.05, 3.63) is 15.6 Å². The first kappa shape index (κ1) is 13.0. The van der Waals surface area contributed by atoms with E-state index >= 15 is 0 Å². The van der Waals surface area contributed by atoms with Crippen LogP contribution < -0.4 is 0 Å². The Kier molecular flexibility index (Phi) is 5.09. The monoisotopic (exact) mass is 244 g/mol. The average molecular weight is 244 g/mol. The van der Waals surface area contributed by atoms with Gasteiger partial charge < -0.3 is 4.90 Å². The zero-order chi connectivity index (χ0) is 11.4. The van der Waals surface area contributed by atoms with Crippen LogP contribution in [0.5, 0.6) is 0 Å². The summed E-state index contributed by atoms with van der Waals surface area (Å²) in [6, 6.07) is 0. The molecular formula is C11H20N2S2. The lowest BCUT2D eigenvalue weighted by molar-refractivity contribution is 0.413. The zero-order valence-corrected chi connectivity index (χ0v) is 11.7. The van der Waals surface area contributed by atoms with Crippen LogP contribution >= 0.6 is 24.0 Å². The maximum Gasteiger partial charge on any atom is 0.0944 e. The molecule has 0 aliphatic heterocycles. The molecule has 4 heteroatoms. The maximum absolute atomic E-state index is 4.70. The number of thiol groups is 1. The highest BCUT2D eigenvalue weighted by atomic mass is 32.1. The third-order valence-corrected chi connectivity index (χ3v) is 3.90. The quantitative estimate of drug-likeness (QED) is 0.802. The van der Waals surface area contributed by atoms with Gasteiger partial charge in [-0.05, 0) is 20.0 Å². The van der Waals surface area contributed by atoms with Gasteiger partial charge in [-0.2, -0.15) is 12.6 Å². The molecule has 0 saturated carbocycles. The number of thiazole rings is 1. The predicted molar refractivity (Wildman–Crippen MR) is 71.2 cm³/mol. The van der Waals surface area contributed by atoms with Crippen LogP contribution in [0.1, 0.15) is 35.3 Å². The van der Waals surface area contributed by atoms with Crippen LogP contribution in [0.2, 0.25) is 0 Å². The molecule has 0 bridgehead atoms. The Balaban J connectivity index is 2.74. The number of hydrogen-bond donors (Lipinski definition) is 1. The molecular weight excluding hydrogens is 224 g/mol. The number of nitrogens with zero attached hydrogens (tertiary/aromatic N) is 2. The van der Waals surface area contributed by atoms with Crippen molar-refractivity contribution >= 4 is 24.0 Å². The van der Waals surface area contributed by atoms with Gasteiger partial charge >= 0.3 is 0 Å². The van der Waals surface area contributed by atoms with E-state index in [1.807, 2.05) is 11.3 Å². The van der Waals surface area contributed by atoms with Gasteiger partial charge in [0.2, 0.25) is 0 Å². The summed E-state index contributed by atoms with van der Waals surface area (Å²) >= 11 is 6.17. The third-order valence-electron chi connectivity index (χ3n) is 2.24. The minimum atomic E-state index is 0.511. The van der Waals surface area contributed by atoms with Crippen molar-refractivity contribution in [1.82, 2.24) is 9.88 Å². The van der Waals surface area contributed by atoms with Crippen LogP contribution in [-0.2, 0) is 12.2 Å². The molecule has 1 aromatic heterocycles. The van der Waals surface area contributed by atoms with Crippen LogP contribution in [0.3, 0.4) is 0 Å². The summed E-state index contributed by atoms with van der Waals surface area (Å²) in [5, 5.41) is 1.25. The molecule has 1 heterocycles. The van der Waals surface area contributed by atoms with Crippen molar-refractivity contribution in [2.45, 2.75) is 31.9 Å². The van der Waals surface area contributed by atoms with Gasteiger partial charge in [-0.3, -0.25) is 0 Å². The molecule has 0 aliphatic rings. The fourth-order valence-electron chi connectivity index (χ4n) is 1.40. The van der Waals surface area contributed by atoms with E-state index in [4.69, 9.17) is 4.98 Å². The number of likely N-dealkylation sites (N-methyl/N-ethyl adjacent to an activating group) is 1. The number of aromatic nitrogens is 1. The van der Waals surface area contributed by atoms with Crippen LogP contribution in [0.4, 0.5) is 0 Å². The van der Waals surface area contributed by atoms with Crippen molar-refractivity contribution in [2.24, 2.45) is 0 Å². The van der Waals surface area contributed by atoms with Gasteiger partial charge in [0.15, 0.2) is 0 Å². The number of hydrogen-bond acceptors (Lipinski definition) is 4. The molecule has 0 spiro atoms. The summed E-state index contributed by atoms with van der Waals surface area (Å²) < 4.78 is 0. The Labute approximate surface area is 102 Å². The molecule has 15 heavy (non-hydrogen) atoms. The van der Waals surface area contributed by atoms with E-state index in [1.165, 1.54) is 15.6 Å². The molecule has 0 radical (unpaired) electrons. The summed E-state index contributed by atoms with van der Waals surface area (Å²) in [7, 11) is 4.19. The van der Waals surface area contributed by atoms with E-state index in [-0.39, 0.29) is 0 Å². The molecule has 1 aromatic rings. The lowest BCUT2D eigenvalue weighted by Gasteiger charge is -2.06. The largest absolute Gasteiger partial charge is 0.309 e. The molecule has 0 saturated heterocycles. The molecule has 86 valence electrons. The van der Waals surface area contributed by atoms with Crippen molar-refractivity contribution in [3.63, 3.8) is 0 Å². The van der Waals surface area contributed by atoms with E-state index in [1.54, 1.807) is 0 Å². The number of rotatable bonds is 5. The summed E-state index contributed by atoms with van der Waals surface area (Å²) in [5.74, 6) is 1.32. The fourth-order valence-corrected chi connectivity index (χ4v) is 2.83. The first-order valence-corrected chi connectivity index (χ1v) is 6.73. The standard InChI is InChI=1S/C11H20N2S2/c1-8(2)11-9(7-14)15-10(12-11)5-6-13(3)4/h8,14H,5-7H2,1-4H3. The summed E-state index contributed by atoms with van der Waals surface area (Å²) in [6.45, 7) is 5.45. The van der Waals surface area contributed by atoms with Crippen LogP contribution in [0.25, 0.3) is 0 Å². The molecule has 0 aliphatic carbocycles. The SMILES string of the molecule is CC(C)c1nc(CCN(C)C)sc1CS. The van der Waals surface area contributed by atoms with Gasteiger partial charge in [-0.1, -0.05) is 13.8 Å². The summed E-state index contributed by atoms with van der Waals surface area (Å²) in [4.78, 5) is 8.22. The first-order valence-electron chi connectivity index (χ1n) is 5.28. The van der Waals surface area contributed by atoms with Crippen LogP contribution in [0, 0.1) is 0 Å². The Morgan fingerprint density at radius 1 is 1.40 bits per heavy atom. The highest BCUT2D eigenvalue weighted by Crippen LogP contribution is 2.26. The molecule has 0 atom stereocenters. The second kappa shape index (κ2) is 5.87. The molecule has 0 N–H and O–H groups in total. The minimum Gasteiger partial charge on any atom is -0.309 e. The van der Waals surface area contributed by atoms with Gasteiger partial charge in [0.1, 0.15) is 0 Å². The maximum atomic E-state index is 4.70. The van der Waals surface area contributed by atoms with Gasteiger partial charge in [0.05, 0.1) is 10.7 Å². The van der Waals surface area contributed by atoms with Gasteiger partial charge in [0.25, 0.3) is 0 Å². The van der Waals surface area contributed by atoms with E-state index < -0.39 is 0 Å². The van der Waals surface area contributed by atoms with Gasteiger partial charge in [-0.15, -0.1) is 11.3 Å². The Hall–Kier alpha value is -0.0600. The second-order valence-corrected chi connectivity index (χ2v) is 5.77. The topological polar surface area (TPSA) is 16.1 Å². The summed E-state index contributed by atoms with van der Waals surface area (Å²) in [5.41, 5.74) is 1.24. The Morgan fingerprint density at radius 2 is 2.07 bits per heavy atom. The smallest absolute Gasteiger partial charge is 0.0944 e. The average Bonchev–Trinajstić information content (AvgIpc) is 2.57. The second-order valence-electron chi connectivity index (χ2n) is 4.28. The predicted octanol–water partition coefficient (Wildman–Crippen LogP) is 2.80. The Bertz CT molecular complexity index is 306. The van der Waals surface area contributed by atoms with Crippen LogP contribution in [0.15, 0.2) is 0 Å². The first-order chi connectivity index (χ1) is 7.04.